The summed E-state index contributed by atoms with van der Waals surface area (Å²) in [6, 6.07) is 1.53. The number of anilines is 1. The van der Waals surface area contributed by atoms with Gasteiger partial charge in [0.05, 0.1) is 11.8 Å². The molecule has 0 unspecified atom stereocenters. The highest BCUT2D eigenvalue weighted by Crippen LogP contribution is 2.27. The van der Waals surface area contributed by atoms with Gasteiger partial charge in [0.15, 0.2) is 5.82 Å². The summed E-state index contributed by atoms with van der Waals surface area (Å²) in [5, 5.41) is 9.82. The Morgan fingerprint density at radius 3 is 2.65 bits per heavy atom. The first-order valence-electron chi connectivity index (χ1n) is 6.26. The van der Waals surface area contributed by atoms with Gasteiger partial charge in [-0.25, -0.2) is 17.5 Å². The molecule has 0 aromatic heterocycles. The molecule has 1 aliphatic rings. The summed E-state index contributed by atoms with van der Waals surface area (Å²) in [7, 11) is -4.12. The molecule has 0 heterocycles. The van der Waals surface area contributed by atoms with E-state index in [1.165, 1.54) is 0 Å². The van der Waals surface area contributed by atoms with Crippen LogP contribution in [0.4, 0.5) is 10.1 Å². The molecule has 8 heteroatoms. The van der Waals surface area contributed by atoms with Crippen molar-refractivity contribution in [3.05, 3.63) is 23.0 Å². The van der Waals surface area contributed by atoms with E-state index in [0.717, 1.165) is 25.0 Å². The van der Waals surface area contributed by atoms with Gasteiger partial charge in [-0.1, -0.05) is 24.4 Å². The molecule has 0 saturated heterocycles. The number of sulfonamides is 1. The van der Waals surface area contributed by atoms with Crippen LogP contribution < -0.4 is 10.5 Å². The number of nitrogens with one attached hydrogen (secondary N) is 1. The Morgan fingerprint density at radius 2 is 2.00 bits per heavy atom. The predicted octanol–water partition coefficient (Wildman–Crippen LogP) is 1.64. The van der Waals surface area contributed by atoms with Crippen molar-refractivity contribution in [2.75, 3.05) is 5.73 Å². The number of aliphatic hydroxyl groups is 1. The Kier molecular flexibility index (Phi) is 4.53. The summed E-state index contributed by atoms with van der Waals surface area (Å²) in [5.41, 5.74) is 5.05. The lowest BCUT2D eigenvalue weighted by molar-refractivity contribution is 0.101. The van der Waals surface area contributed by atoms with Gasteiger partial charge in [-0.3, -0.25) is 0 Å². The van der Waals surface area contributed by atoms with Gasteiger partial charge < -0.3 is 10.8 Å². The monoisotopic (exact) mass is 322 g/mol. The molecule has 2 rings (SSSR count). The van der Waals surface area contributed by atoms with Gasteiger partial charge in [0.2, 0.25) is 10.0 Å². The molecule has 1 saturated carbocycles. The molecule has 0 spiro atoms. The van der Waals surface area contributed by atoms with Crippen LogP contribution >= 0.6 is 11.6 Å². The number of halogens is 2. The maximum Gasteiger partial charge on any atom is 0.243 e. The first-order valence-corrected chi connectivity index (χ1v) is 8.12. The maximum absolute atomic E-state index is 13.9. The second-order valence-electron chi connectivity index (χ2n) is 4.89. The number of benzene rings is 1. The molecule has 5 nitrogen and oxygen atoms in total. The molecule has 0 bridgehead atoms. The highest BCUT2D eigenvalue weighted by molar-refractivity contribution is 7.89. The molecule has 0 radical (unpaired) electrons. The fraction of sp³-hybridized carbons (Fsp3) is 0.500. The van der Waals surface area contributed by atoms with Crippen molar-refractivity contribution in [2.24, 2.45) is 0 Å². The third-order valence-corrected chi connectivity index (χ3v) is 5.07. The van der Waals surface area contributed by atoms with Gasteiger partial charge in [-0.05, 0) is 25.0 Å². The fourth-order valence-corrected chi connectivity index (χ4v) is 4.02. The second-order valence-corrected chi connectivity index (χ2v) is 7.01. The minimum absolute atomic E-state index is 0.0356. The highest BCUT2D eigenvalue weighted by atomic mass is 35.5. The van der Waals surface area contributed by atoms with E-state index in [0.29, 0.717) is 12.8 Å². The molecule has 0 amide bonds. The standard InChI is InChI=1S/C12H16ClFN2O3S/c13-7-5-8(15)12(14)11(6-7)20(18,19)16-9-3-1-2-4-10(9)17/h5-6,9-10,16-17H,1-4,15H2/t9-,10-/m1/s1. The molecule has 1 aromatic carbocycles. The third-order valence-electron chi connectivity index (χ3n) is 3.36. The van der Waals surface area contributed by atoms with Gasteiger partial charge in [-0.2, -0.15) is 0 Å². The summed E-state index contributed by atoms with van der Waals surface area (Å²) >= 11 is 5.71. The Balaban J connectivity index is 2.31. The number of hydrogen-bond donors (Lipinski definition) is 3. The molecule has 112 valence electrons. The second kappa shape index (κ2) is 5.85. The first kappa shape index (κ1) is 15.5. The largest absolute Gasteiger partial charge is 0.396 e. The smallest absolute Gasteiger partial charge is 0.243 e. The van der Waals surface area contributed by atoms with Crippen molar-refractivity contribution in [3.8, 4) is 0 Å². The summed E-state index contributed by atoms with van der Waals surface area (Å²) in [5.74, 6) is -1.04. The quantitative estimate of drug-likeness (QED) is 0.738. The zero-order valence-electron chi connectivity index (χ0n) is 10.6. The minimum Gasteiger partial charge on any atom is -0.396 e. The van der Waals surface area contributed by atoms with E-state index in [2.05, 4.69) is 4.72 Å². The number of aliphatic hydroxyl groups excluding tert-OH is 1. The van der Waals surface area contributed by atoms with Crippen molar-refractivity contribution in [2.45, 2.75) is 42.7 Å². The normalized spacial score (nSPS) is 23.8. The first-order chi connectivity index (χ1) is 9.31. The number of nitrogen functional groups attached to an aromatic ring is 1. The summed E-state index contributed by atoms with van der Waals surface area (Å²) in [6.07, 6.45) is 1.92. The van der Waals surface area contributed by atoms with E-state index in [9.17, 15) is 17.9 Å². The molecule has 4 N–H and O–H groups in total. The lowest BCUT2D eigenvalue weighted by Gasteiger charge is -2.28. The van der Waals surface area contributed by atoms with E-state index in [-0.39, 0.29) is 10.7 Å². The lowest BCUT2D eigenvalue weighted by Crippen LogP contribution is -2.45. The van der Waals surface area contributed by atoms with Crippen LogP contribution in [-0.4, -0.2) is 25.7 Å². The van der Waals surface area contributed by atoms with Crippen LogP contribution in [0.15, 0.2) is 17.0 Å². The van der Waals surface area contributed by atoms with Gasteiger partial charge in [0.25, 0.3) is 0 Å². The molecular formula is C12H16ClFN2O3S. The Morgan fingerprint density at radius 1 is 1.35 bits per heavy atom. The Bertz CT molecular complexity index is 609. The lowest BCUT2D eigenvalue weighted by atomic mass is 9.93. The topological polar surface area (TPSA) is 92.4 Å². The van der Waals surface area contributed by atoms with Crippen LogP contribution in [0.1, 0.15) is 25.7 Å². The number of hydrogen-bond acceptors (Lipinski definition) is 4. The van der Waals surface area contributed by atoms with E-state index in [4.69, 9.17) is 17.3 Å². The maximum atomic E-state index is 13.9. The third kappa shape index (κ3) is 3.22. The van der Waals surface area contributed by atoms with E-state index in [1.807, 2.05) is 0 Å². The highest BCUT2D eigenvalue weighted by Gasteiger charge is 2.30. The average molecular weight is 323 g/mol. The van der Waals surface area contributed by atoms with Crippen molar-refractivity contribution in [1.29, 1.82) is 0 Å². The molecular weight excluding hydrogens is 307 g/mol. The Labute approximate surface area is 122 Å². The van der Waals surface area contributed by atoms with Crippen molar-refractivity contribution in [3.63, 3.8) is 0 Å². The van der Waals surface area contributed by atoms with Gasteiger partial charge in [-0.15, -0.1) is 0 Å². The van der Waals surface area contributed by atoms with Crippen molar-refractivity contribution in [1.82, 2.24) is 4.72 Å². The van der Waals surface area contributed by atoms with E-state index < -0.39 is 32.9 Å². The molecule has 1 aromatic rings. The van der Waals surface area contributed by atoms with Gasteiger partial charge in [0, 0.05) is 11.1 Å². The zero-order chi connectivity index (χ0) is 14.9. The van der Waals surface area contributed by atoms with Crippen LogP contribution in [0.5, 0.6) is 0 Å². The van der Waals surface area contributed by atoms with E-state index in [1.54, 1.807) is 0 Å². The van der Waals surface area contributed by atoms with Crippen LogP contribution in [0.25, 0.3) is 0 Å². The number of rotatable bonds is 3. The van der Waals surface area contributed by atoms with Gasteiger partial charge in [0.1, 0.15) is 4.90 Å². The molecule has 0 aliphatic heterocycles. The summed E-state index contributed by atoms with van der Waals surface area (Å²) in [6.45, 7) is 0. The summed E-state index contributed by atoms with van der Waals surface area (Å²) in [4.78, 5) is -0.597. The van der Waals surface area contributed by atoms with Crippen LogP contribution in [0, 0.1) is 5.82 Å². The van der Waals surface area contributed by atoms with Crippen molar-refractivity contribution < 1.29 is 17.9 Å². The van der Waals surface area contributed by atoms with Crippen LogP contribution in [0.2, 0.25) is 5.02 Å². The SMILES string of the molecule is Nc1cc(Cl)cc(S(=O)(=O)N[C@@H]2CCCC[C@H]2O)c1F. The molecule has 1 fully saturated rings. The number of nitrogens with two attached hydrogens (primary N) is 1. The average Bonchev–Trinajstić information content (AvgIpc) is 2.36. The fourth-order valence-electron chi connectivity index (χ4n) is 2.29. The molecule has 20 heavy (non-hydrogen) atoms. The molecule has 1 aliphatic carbocycles. The minimum atomic E-state index is -4.12. The predicted molar refractivity (Wildman–Crippen MR) is 74.4 cm³/mol. The molecule has 2 atom stereocenters. The summed E-state index contributed by atoms with van der Waals surface area (Å²) < 4.78 is 40.6. The van der Waals surface area contributed by atoms with E-state index >= 15 is 0 Å². The zero-order valence-corrected chi connectivity index (χ0v) is 12.2. The van der Waals surface area contributed by atoms with Crippen molar-refractivity contribution >= 4 is 27.3 Å². The van der Waals surface area contributed by atoms with Crippen LogP contribution in [-0.2, 0) is 10.0 Å². The Hall–Kier alpha value is -0.890. The van der Waals surface area contributed by atoms with Crippen LogP contribution in [0.3, 0.4) is 0 Å². The van der Waals surface area contributed by atoms with Gasteiger partial charge >= 0.3 is 0 Å².